The van der Waals surface area contributed by atoms with Gasteiger partial charge in [0, 0.05) is 27.6 Å². The Labute approximate surface area is 453 Å². The van der Waals surface area contributed by atoms with Gasteiger partial charge in [0.05, 0.1) is 37.6 Å². The molecular weight excluding hydrogens is 965 g/mol. The van der Waals surface area contributed by atoms with Gasteiger partial charge in [0.2, 0.25) is 0 Å². The fourth-order valence-electron chi connectivity index (χ4n) is 6.85. The lowest BCUT2D eigenvalue weighted by atomic mass is 9.91. The van der Waals surface area contributed by atoms with Crippen LogP contribution in [0.1, 0.15) is 205 Å². The van der Waals surface area contributed by atoms with Crippen molar-refractivity contribution in [3.63, 3.8) is 0 Å². The lowest BCUT2D eigenvalue weighted by molar-refractivity contribution is -0.159. The molecule has 0 aliphatic heterocycles. The van der Waals surface area contributed by atoms with Crippen LogP contribution in [-0.2, 0) is 57.9 Å². The largest absolute Gasteiger partial charge is 0.462 e. The van der Waals surface area contributed by atoms with E-state index in [-0.39, 0.29) is 48.0 Å². The summed E-state index contributed by atoms with van der Waals surface area (Å²) in [4.78, 5) is 34.1. The molecule has 402 valence electrons. The molecule has 8 nitrogen and oxygen atoms in total. The Bertz CT molecular complexity index is 1850. The van der Waals surface area contributed by atoms with Gasteiger partial charge in [-0.15, -0.1) is 0 Å². The maximum absolute atomic E-state index is 11.5. The van der Waals surface area contributed by atoms with Gasteiger partial charge in [-0.1, -0.05) is 155 Å². The van der Waals surface area contributed by atoms with Gasteiger partial charge >= 0.3 is 17.9 Å². The van der Waals surface area contributed by atoms with Crippen LogP contribution in [0.15, 0.2) is 72.8 Å². The minimum absolute atomic E-state index is 0.0240. The third kappa shape index (κ3) is 30.4. The van der Waals surface area contributed by atoms with E-state index < -0.39 is 5.41 Å². The molecule has 1 aliphatic carbocycles. The van der Waals surface area contributed by atoms with Crippen molar-refractivity contribution in [2.24, 2.45) is 5.41 Å². The van der Waals surface area contributed by atoms with Gasteiger partial charge in [-0.2, -0.15) is 50.5 Å². The smallest absolute Gasteiger partial charge is 0.311 e. The van der Waals surface area contributed by atoms with Crippen LogP contribution in [0.3, 0.4) is 0 Å². The second kappa shape index (κ2) is 38.0. The minimum Gasteiger partial charge on any atom is -0.462 e. The molecule has 0 radical (unpaired) electrons. The molecule has 1 aliphatic rings. The Balaban J connectivity index is 0.000000474. The predicted molar refractivity (Wildman–Crippen MR) is 310 cm³/mol. The fraction of sp³-hybridized carbons (Fsp3) is 0.644. The molecule has 3 aromatic carbocycles. The Hall–Kier alpha value is -2.61. The molecule has 12 heteroatoms. The van der Waals surface area contributed by atoms with Gasteiger partial charge in [0.1, 0.15) is 19.8 Å². The summed E-state index contributed by atoms with van der Waals surface area (Å²) in [6.45, 7) is 27.5. The number of hydrogen-bond donors (Lipinski definition) is 4. The Morgan fingerprint density at radius 1 is 0.549 bits per heavy atom. The number of thiol groups is 4. The summed E-state index contributed by atoms with van der Waals surface area (Å²) >= 11 is 17.2. The quantitative estimate of drug-likeness (QED) is 0.0288. The number of carbonyl (C=O) groups excluding carboxylic acids is 3. The SMILES string of the molecule is CCC(C)(C)C(=O)OCCOC(=O)CC(C)S.CCC(C)c1ccc(COC(=O)CC(C)S)cc1.CCC(C)c1ccc(COC2CCCCC2S)cc1.CCC(C)c1ccc(COCCC(C)S)cc1. The Kier molecular flexibility index (Phi) is 35.6. The van der Waals surface area contributed by atoms with Crippen molar-refractivity contribution in [1.82, 2.24) is 0 Å². The van der Waals surface area contributed by atoms with Crippen LogP contribution in [-0.4, -0.2) is 64.8 Å². The van der Waals surface area contributed by atoms with E-state index in [1.165, 1.54) is 66.3 Å². The van der Waals surface area contributed by atoms with E-state index in [2.05, 4.69) is 160 Å². The molecule has 0 saturated heterocycles. The summed E-state index contributed by atoms with van der Waals surface area (Å²) < 4.78 is 26.7. The second-order valence-corrected chi connectivity index (χ2v) is 23.2. The zero-order valence-electron chi connectivity index (χ0n) is 45.6. The topological polar surface area (TPSA) is 97.4 Å². The zero-order valence-corrected chi connectivity index (χ0v) is 49.2. The van der Waals surface area contributed by atoms with Gasteiger partial charge < -0.3 is 23.7 Å². The molecule has 71 heavy (non-hydrogen) atoms. The summed E-state index contributed by atoms with van der Waals surface area (Å²) in [5.41, 5.74) is 7.25. The molecule has 0 bridgehead atoms. The van der Waals surface area contributed by atoms with Crippen LogP contribution < -0.4 is 0 Å². The first-order chi connectivity index (χ1) is 33.6. The molecule has 4 rings (SSSR count). The van der Waals surface area contributed by atoms with Crippen molar-refractivity contribution in [2.45, 2.75) is 218 Å². The second-order valence-electron chi connectivity index (χ2n) is 19.9. The number of esters is 3. The molecule has 8 unspecified atom stereocenters. The van der Waals surface area contributed by atoms with E-state index in [0.29, 0.717) is 60.4 Å². The van der Waals surface area contributed by atoms with Crippen molar-refractivity contribution < 1.29 is 38.1 Å². The third-order valence-electron chi connectivity index (χ3n) is 12.9. The van der Waals surface area contributed by atoms with Gasteiger partial charge in [-0.25, -0.2) is 0 Å². The van der Waals surface area contributed by atoms with Crippen LogP contribution in [0.4, 0.5) is 0 Å². The predicted octanol–water partition coefficient (Wildman–Crippen LogP) is 15.6. The molecule has 3 aromatic rings. The van der Waals surface area contributed by atoms with Gasteiger partial charge in [-0.3, -0.25) is 14.4 Å². The zero-order chi connectivity index (χ0) is 53.4. The molecule has 0 N–H and O–H groups in total. The average Bonchev–Trinajstić information content (AvgIpc) is 3.35. The number of hydrogen-bond acceptors (Lipinski definition) is 12. The maximum atomic E-state index is 11.5. The molecule has 0 amide bonds. The Morgan fingerprint density at radius 3 is 1.37 bits per heavy atom. The highest BCUT2D eigenvalue weighted by molar-refractivity contribution is 7.81. The molecule has 0 aromatic heterocycles. The first kappa shape index (κ1) is 66.4. The van der Waals surface area contributed by atoms with Crippen LogP contribution in [0.5, 0.6) is 0 Å². The Morgan fingerprint density at radius 2 is 0.958 bits per heavy atom. The lowest BCUT2D eigenvalue weighted by Crippen LogP contribution is -2.28. The van der Waals surface area contributed by atoms with Gasteiger partial charge in [0.25, 0.3) is 0 Å². The standard InChI is InChI=1S/C17H26OS.C15H22O2S.C15H24OS.C12H22O4S/c1-3-13(2)15-10-8-14(9-11-15)12-18-16-6-4-5-7-17(16)19;1-4-11(2)14-7-5-13(6-8-14)10-17-15(16)9-12(3)18;1-4-12(2)15-7-5-14(6-8-15)11-16-10-9-13(3)17;1-5-12(3,4)11(14)16-7-6-15-10(13)8-9(2)17/h8-11,13,16-17,19H,3-7,12H2,1-2H3;5-8,11-12,18H,4,9-10H2,1-3H3;5-8,12-13,17H,4,9-11H2,1-3H3;9,17H,5-8H2,1-4H3. The number of rotatable bonds is 25. The fourth-order valence-corrected chi connectivity index (χ4v) is 7.67. The molecule has 1 saturated carbocycles. The average molecular weight is 1060 g/mol. The number of carbonyl (C=O) groups is 3. The minimum atomic E-state index is -0.483. The molecule has 0 heterocycles. The summed E-state index contributed by atoms with van der Waals surface area (Å²) in [5.74, 6) is 1.09. The first-order valence-corrected chi connectivity index (χ1v) is 28.4. The van der Waals surface area contributed by atoms with Gasteiger partial charge in [-0.05, 0) is 110 Å². The maximum Gasteiger partial charge on any atom is 0.311 e. The number of ether oxygens (including phenoxy) is 5. The van der Waals surface area contributed by atoms with Crippen LogP contribution in [0.25, 0.3) is 0 Å². The summed E-state index contributed by atoms with van der Waals surface area (Å²) in [5, 5.41) is 0.866. The van der Waals surface area contributed by atoms with Crippen LogP contribution in [0, 0.1) is 5.41 Å². The summed E-state index contributed by atoms with van der Waals surface area (Å²) in [7, 11) is 0. The first-order valence-electron chi connectivity index (χ1n) is 26.3. The lowest BCUT2D eigenvalue weighted by Gasteiger charge is -2.28. The molecular formula is C59H94O8S4. The van der Waals surface area contributed by atoms with E-state index in [9.17, 15) is 14.4 Å². The summed E-state index contributed by atoms with van der Waals surface area (Å²) in [6.07, 6.45) is 11.1. The number of benzene rings is 3. The van der Waals surface area contributed by atoms with Crippen LogP contribution >= 0.6 is 50.5 Å². The highest BCUT2D eigenvalue weighted by Crippen LogP contribution is 2.27. The van der Waals surface area contributed by atoms with Crippen molar-refractivity contribution >= 4 is 68.4 Å². The van der Waals surface area contributed by atoms with Crippen LogP contribution in [0.2, 0.25) is 0 Å². The molecule has 1 fully saturated rings. The van der Waals surface area contributed by atoms with Crippen molar-refractivity contribution in [3.8, 4) is 0 Å². The third-order valence-corrected chi connectivity index (χ3v) is 14.1. The van der Waals surface area contributed by atoms with Crippen molar-refractivity contribution in [2.75, 3.05) is 19.8 Å². The van der Waals surface area contributed by atoms with E-state index in [0.717, 1.165) is 31.6 Å². The summed E-state index contributed by atoms with van der Waals surface area (Å²) in [6, 6.07) is 25.9. The van der Waals surface area contributed by atoms with Crippen molar-refractivity contribution in [1.29, 1.82) is 0 Å². The highest BCUT2D eigenvalue weighted by atomic mass is 32.1. The monoisotopic (exact) mass is 1060 g/mol. The van der Waals surface area contributed by atoms with Gasteiger partial charge in [0.15, 0.2) is 0 Å². The van der Waals surface area contributed by atoms with E-state index in [1.807, 2.05) is 46.8 Å². The van der Waals surface area contributed by atoms with E-state index in [4.69, 9.17) is 23.7 Å². The van der Waals surface area contributed by atoms with Crippen molar-refractivity contribution in [3.05, 3.63) is 106 Å². The molecule has 8 atom stereocenters. The van der Waals surface area contributed by atoms with E-state index >= 15 is 0 Å². The normalized spacial score (nSPS) is 16.9. The van der Waals surface area contributed by atoms with E-state index in [1.54, 1.807) is 0 Å². The highest BCUT2D eigenvalue weighted by Gasteiger charge is 2.27. The molecule has 0 spiro atoms.